The number of benzene rings is 12. The van der Waals surface area contributed by atoms with E-state index in [-0.39, 0.29) is 0 Å². The van der Waals surface area contributed by atoms with Crippen LogP contribution in [0.2, 0.25) is 0 Å². The largest absolute Gasteiger partial charge is 0.311 e. The van der Waals surface area contributed by atoms with E-state index in [4.69, 9.17) is 0 Å². The summed E-state index contributed by atoms with van der Waals surface area (Å²) in [7, 11) is 0. The first-order valence-electron chi connectivity index (χ1n) is 24.0. The molecule has 2 nitrogen and oxygen atoms in total. The first-order chi connectivity index (χ1) is 34.7. The molecule has 330 valence electrons. The molecule has 0 saturated heterocycles. The lowest BCUT2D eigenvalue weighted by Crippen LogP contribution is -2.10. The molecule has 0 unspecified atom stereocenters. The van der Waals surface area contributed by atoms with Crippen molar-refractivity contribution < 1.29 is 0 Å². The van der Waals surface area contributed by atoms with Gasteiger partial charge in [-0.05, 0) is 145 Å². The van der Waals surface area contributed by atoms with Crippen molar-refractivity contribution >= 4 is 55.7 Å². The van der Waals surface area contributed by atoms with Gasteiger partial charge in [0.1, 0.15) is 0 Å². The highest BCUT2D eigenvalue weighted by molar-refractivity contribution is 6.14. The van der Waals surface area contributed by atoms with Gasteiger partial charge in [-0.3, -0.25) is 0 Å². The minimum atomic E-state index is 1.08. The zero-order valence-electron chi connectivity index (χ0n) is 38.6. The number of nitrogens with zero attached hydrogens (tertiary/aromatic N) is 2. The van der Waals surface area contributed by atoms with E-state index < -0.39 is 0 Å². The van der Waals surface area contributed by atoms with Gasteiger partial charge in [-0.2, -0.15) is 0 Å². The fraction of sp³-hybridized carbons (Fsp3) is 0. The summed E-state index contributed by atoms with van der Waals surface area (Å²) in [6.45, 7) is 0. The number of rotatable bonds is 11. The average molecular weight is 893 g/mol. The van der Waals surface area contributed by atoms with E-state index in [1.165, 1.54) is 66.1 Å². The summed E-state index contributed by atoms with van der Waals surface area (Å²) < 4.78 is 0. The lowest BCUT2D eigenvalue weighted by Gasteiger charge is -2.28. The Morgan fingerprint density at radius 2 is 0.457 bits per heavy atom. The second-order valence-electron chi connectivity index (χ2n) is 17.7. The Morgan fingerprint density at radius 1 is 0.171 bits per heavy atom. The molecule has 0 spiro atoms. The number of hydrogen-bond donors (Lipinski definition) is 0. The Kier molecular flexibility index (Phi) is 11.3. The molecule has 0 amide bonds. The molecule has 0 saturated carbocycles. The Morgan fingerprint density at radius 3 is 0.871 bits per heavy atom. The maximum Gasteiger partial charge on any atom is 0.0546 e. The summed E-state index contributed by atoms with van der Waals surface area (Å²) in [5.41, 5.74) is 18.5. The van der Waals surface area contributed by atoms with E-state index >= 15 is 0 Å². The van der Waals surface area contributed by atoms with Crippen LogP contribution in [0.3, 0.4) is 0 Å². The second kappa shape index (κ2) is 18.8. The first kappa shape index (κ1) is 42.1. The monoisotopic (exact) mass is 892 g/mol. The summed E-state index contributed by atoms with van der Waals surface area (Å²) in [5.74, 6) is 0. The number of fused-ring (bicyclic) bond motifs is 3. The van der Waals surface area contributed by atoms with Gasteiger partial charge < -0.3 is 9.80 Å². The van der Waals surface area contributed by atoms with Crippen LogP contribution in [0.5, 0.6) is 0 Å². The molecule has 0 aromatic heterocycles. The minimum Gasteiger partial charge on any atom is -0.311 e. The van der Waals surface area contributed by atoms with Crippen LogP contribution in [0.1, 0.15) is 0 Å². The molecule has 12 aromatic carbocycles. The molecule has 0 fully saturated rings. The van der Waals surface area contributed by atoms with Gasteiger partial charge in [-0.15, -0.1) is 0 Å². The molecule has 70 heavy (non-hydrogen) atoms. The van der Waals surface area contributed by atoms with Gasteiger partial charge in [0, 0.05) is 33.8 Å². The van der Waals surface area contributed by atoms with Gasteiger partial charge in [0.25, 0.3) is 0 Å². The molecule has 0 heterocycles. The summed E-state index contributed by atoms with van der Waals surface area (Å²) in [6.07, 6.45) is 0. The predicted octanol–water partition coefficient (Wildman–Crippen LogP) is 19.3. The highest BCUT2D eigenvalue weighted by atomic mass is 15.1. The topological polar surface area (TPSA) is 6.48 Å². The minimum absolute atomic E-state index is 1.08. The van der Waals surface area contributed by atoms with E-state index in [1.807, 2.05) is 0 Å². The van der Waals surface area contributed by atoms with Crippen LogP contribution in [0.15, 0.2) is 291 Å². The lowest BCUT2D eigenvalue weighted by molar-refractivity contribution is 1.28. The predicted molar refractivity (Wildman–Crippen MR) is 298 cm³/mol. The van der Waals surface area contributed by atoms with Crippen LogP contribution in [-0.2, 0) is 0 Å². The van der Waals surface area contributed by atoms with Gasteiger partial charge in [0.05, 0.1) is 5.69 Å². The molecule has 0 atom stereocenters. The van der Waals surface area contributed by atoms with Crippen LogP contribution < -0.4 is 9.80 Å². The highest BCUT2D eigenvalue weighted by Gasteiger charge is 2.19. The summed E-state index contributed by atoms with van der Waals surface area (Å²) in [5, 5.41) is 4.91. The Hall–Kier alpha value is -9.24. The van der Waals surface area contributed by atoms with Crippen molar-refractivity contribution in [1.29, 1.82) is 0 Å². The van der Waals surface area contributed by atoms with Crippen molar-refractivity contribution in [2.24, 2.45) is 0 Å². The van der Waals surface area contributed by atoms with E-state index in [9.17, 15) is 0 Å². The Labute approximate surface area is 410 Å². The van der Waals surface area contributed by atoms with Crippen LogP contribution >= 0.6 is 0 Å². The molecule has 2 heteroatoms. The van der Waals surface area contributed by atoms with Crippen LogP contribution in [0.25, 0.3) is 77.2 Å². The summed E-state index contributed by atoms with van der Waals surface area (Å²) >= 11 is 0. The Bertz CT molecular complexity index is 3700. The molecule has 0 N–H and O–H groups in total. The van der Waals surface area contributed by atoms with Gasteiger partial charge in [-0.25, -0.2) is 0 Å². The average Bonchev–Trinajstić information content (AvgIpc) is 3.45. The van der Waals surface area contributed by atoms with Crippen LogP contribution in [-0.4, -0.2) is 0 Å². The van der Waals surface area contributed by atoms with Gasteiger partial charge in [-0.1, -0.05) is 218 Å². The molecule has 0 radical (unpaired) electrons. The normalized spacial score (nSPS) is 11.1. The molecular weight excluding hydrogens is 845 g/mol. The van der Waals surface area contributed by atoms with Crippen molar-refractivity contribution in [3.05, 3.63) is 291 Å². The van der Waals surface area contributed by atoms with Crippen LogP contribution in [0, 0.1) is 0 Å². The third kappa shape index (κ3) is 8.40. The molecule has 0 aliphatic rings. The van der Waals surface area contributed by atoms with Crippen LogP contribution in [0.4, 0.5) is 34.1 Å². The molecule has 12 aromatic rings. The van der Waals surface area contributed by atoms with E-state index in [2.05, 4.69) is 301 Å². The fourth-order valence-corrected chi connectivity index (χ4v) is 9.88. The van der Waals surface area contributed by atoms with Crippen molar-refractivity contribution in [3.63, 3.8) is 0 Å². The molecular formula is C68H48N2. The van der Waals surface area contributed by atoms with Crippen molar-refractivity contribution in [2.75, 3.05) is 9.80 Å². The smallest absolute Gasteiger partial charge is 0.0546 e. The fourth-order valence-electron chi connectivity index (χ4n) is 9.88. The van der Waals surface area contributed by atoms with Gasteiger partial charge in [0.15, 0.2) is 0 Å². The SMILES string of the molecule is c1ccc(-c2ccc(N(c3ccc(-c4ccc(N(c5ccc(-c6ccccc6)cc5)c5cc6ccccc6c6ccccc56)cc4)cc3)c3ccc(-c4cccc(-c5ccccc5)c4)cc3)cc2)cc1. The Balaban J connectivity index is 0.889. The number of anilines is 6. The van der Waals surface area contributed by atoms with Crippen molar-refractivity contribution in [1.82, 2.24) is 0 Å². The van der Waals surface area contributed by atoms with Gasteiger partial charge >= 0.3 is 0 Å². The number of hydrogen-bond acceptors (Lipinski definition) is 2. The maximum absolute atomic E-state index is 2.41. The van der Waals surface area contributed by atoms with Crippen molar-refractivity contribution in [2.45, 2.75) is 0 Å². The second-order valence-corrected chi connectivity index (χ2v) is 17.7. The van der Waals surface area contributed by atoms with Crippen molar-refractivity contribution in [3.8, 4) is 55.6 Å². The van der Waals surface area contributed by atoms with E-state index in [0.717, 1.165) is 45.3 Å². The molecule has 12 rings (SSSR count). The standard InChI is InChI=1S/C68H48N2/c1-4-15-49(16-5-1)52-27-37-60(38-28-52)69(62-41-35-56(36-42-62)58-23-14-22-57(47-58)51-19-8-3-9-20-51)61-39-29-54(30-40-61)55-33-45-64(46-34-55)70(63-43-31-53(32-44-63)50-17-6-2-7-18-50)68-48-59-21-10-11-24-65(59)66-25-12-13-26-67(66)68/h1-48H. The maximum atomic E-state index is 2.41. The van der Waals surface area contributed by atoms with E-state index in [1.54, 1.807) is 0 Å². The van der Waals surface area contributed by atoms with E-state index in [0.29, 0.717) is 0 Å². The zero-order chi connectivity index (χ0) is 46.6. The first-order valence-corrected chi connectivity index (χ1v) is 24.0. The molecule has 0 bridgehead atoms. The zero-order valence-corrected chi connectivity index (χ0v) is 38.6. The third-order valence-corrected chi connectivity index (χ3v) is 13.5. The third-order valence-electron chi connectivity index (χ3n) is 13.5. The quantitative estimate of drug-likeness (QED) is 0.119. The summed E-state index contributed by atoms with van der Waals surface area (Å²) in [4.78, 5) is 4.75. The van der Waals surface area contributed by atoms with Gasteiger partial charge in [0.2, 0.25) is 0 Å². The molecule has 0 aliphatic heterocycles. The highest BCUT2D eigenvalue weighted by Crippen LogP contribution is 2.44. The lowest BCUT2D eigenvalue weighted by atomic mass is 9.98. The summed E-state index contributed by atoms with van der Waals surface area (Å²) in [6, 6.07) is 105. The molecule has 0 aliphatic carbocycles.